The van der Waals surface area contributed by atoms with Crippen molar-refractivity contribution in [2.24, 2.45) is 0 Å². The minimum atomic E-state index is 0.275. The number of methoxy groups -OCH3 is 1. The molecule has 1 rings (SSSR count). The van der Waals surface area contributed by atoms with Crippen LogP contribution in [0.5, 0.6) is 5.75 Å². The number of carbonyl (C=O) groups excluding carboxylic acids is 1. The molecule has 0 unspecified atom stereocenters. The Kier molecular flexibility index (Phi) is 8.64. The molecule has 1 amide bonds. The number of amides is 1. The van der Waals surface area contributed by atoms with Crippen LogP contribution in [0.1, 0.15) is 64.9 Å². The fourth-order valence-electron chi connectivity index (χ4n) is 2.87. The predicted molar refractivity (Wildman–Crippen MR) is 92.1 cm³/mol. The number of ether oxygens (including phenoxy) is 1. The Morgan fingerprint density at radius 1 is 1.14 bits per heavy atom. The lowest BCUT2D eigenvalue weighted by molar-refractivity contribution is -0.134. The van der Waals surface area contributed by atoms with Crippen molar-refractivity contribution in [2.75, 3.05) is 7.11 Å². The molecule has 0 saturated heterocycles. The van der Waals surface area contributed by atoms with Gasteiger partial charge in [0.05, 0.1) is 7.11 Å². The number of hydrogen-bond donors (Lipinski definition) is 0. The van der Waals surface area contributed by atoms with E-state index < -0.39 is 0 Å². The quantitative estimate of drug-likeness (QED) is 0.622. The molecule has 1 aromatic rings. The Morgan fingerprint density at radius 3 is 2.36 bits per heavy atom. The molecule has 0 heterocycles. The molecule has 0 aliphatic rings. The van der Waals surface area contributed by atoms with Crippen molar-refractivity contribution in [3.8, 4) is 5.75 Å². The monoisotopic (exact) mass is 305 g/mol. The Balaban J connectivity index is 2.94. The van der Waals surface area contributed by atoms with Crippen molar-refractivity contribution in [2.45, 2.75) is 71.9 Å². The van der Waals surface area contributed by atoms with Gasteiger partial charge in [-0.15, -0.1) is 0 Å². The Hall–Kier alpha value is -1.51. The molecule has 0 spiro atoms. The van der Waals surface area contributed by atoms with Crippen molar-refractivity contribution in [3.63, 3.8) is 0 Å². The van der Waals surface area contributed by atoms with E-state index in [4.69, 9.17) is 4.74 Å². The van der Waals surface area contributed by atoms with E-state index in [0.717, 1.165) is 43.4 Å². The summed E-state index contributed by atoms with van der Waals surface area (Å²) in [6.07, 6.45) is 5.91. The van der Waals surface area contributed by atoms with Gasteiger partial charge in [-0.25, -0.2) is 0 Å². The second-order valence-corrected chi connectivity index (χ2v) is 5.85. The van der Waals surface area contributed by atoms with E-state index in [-0.39, 0.29) is 5.91 Å². The summed E-state index contributed by atoms with van der Waals surface area (Å²) in [4.78, 5) is 14.7. The van der Waals surface area contributed by atoms with Crippen LogP contribution in [0.15, 0.2) is 24.3 Å². The first-order chi connectivity index (χ1) is 10.7. The highest BCUT2D eigenvalue weighted by Gasteiger charge is 2.22. The lowest BCUT2D eigenvalue weighted by atomic mass is 10.0. The molecule has 0 bridgehead atoms. The minimum absolute atomic E-state index is 0.275. The van der Waals surface area contributed by atoms with E-state index >= 15 is 0 Å². The van der Waals surface area contributed by atoms with E-state index in [2.05, 4.69) is 31.7 Å². The van der Waals surface area contributed by atoms with Crippen LogP contribution in [0.2, 0.25) is 0 Å². The molecular formula is C19H31NO2. The maximum atomic E-state index is 12.6. The lowest BCUT2D eigenvalue weighted by Gasteiger charge is -2.32. The fraction of sp³-hybridized carbons (Fsp3) is 0.632. The molecule has 0 aromatic heterocycles. The van der Waals surface area contributed by atoms with E-state index in [1.54, 1.807) is 7.11 Å². The third-order valence-corrected chi connectivity index (χ3v) is 3.96. The molecule has 124 valence electrons. The number of rotatable bonds is 10. The molecule has 0 radical (unpaired) electrons. The van der Waals surface area contributed by atoms with Crippen LogP contribution in [-0.2, 0) is 11.3 Å². The van der Waals surface area contributed by atoms with Gasteiger partial charge in [0, 0.05) is 19.0 Å². The third kappa shape index (κ3) is 5.70. The van der Waals surface area contributed by atoms with Crippen molar-refractivity contribution in [1.29, 1.82) is 0 Å². The number of hydrogen-bond acceptors (Lipinski definition) is 2. The SMILES string of the molecule is CCCC(=O)N(Cc1cccc(OC)c1)C(CCC)CCC. The zero-order valence-electron chi connectivity index (χ0n) is 14.6. The average Bonchev–Trinajstić information content (AvgIpc) is 2.53. The van der Waals surface area contributed by atoms with Gasteiger partial charge < -0.3 is 9.64 Å². The second-order valence-electron chi connectivity index (χ2n) is 5.85. The minimum Gasteiger partial charge on any atom is -0.497 e. The van der Waals surface area contributed by atoms with Crippen LogP contribution in [0, 0.1) is 0 Å². The molecule has 0 aliphatic carbocycles. The van der Waals surface area contributed by atoms with E-state index in [0.29, 0.717) is 19.0 Å². The maximum absolute atomic E-state index is 12.6. The molecule has 22 heavy (non-hydrogen) atoms. The summed E-state index contributed by atoms with van der Waals surface area (Å²) in [7, 11) is 1.68. The molecule has 0 N–H and O–H groups in total. The van der Waals surface area contributed by atoms with Crippen LogP contribution >= 0.6 is 0 Å². The summed E-state index contributed by atoms with van der Waals surface area (Å²) in [5.41, 5.74) is 1.14. The lowest BCUT2D eigenvalue weighted by Crippen LogP contribution is -2.39. The van der Waals surface area contributed by atoms with Crippen molar-refractivity contribution in [3.05, 3.63) is 29.8 Å². The van der Waals surface area contributed by atoms with Crippen LogP contribution in [0.3, 0.4) is 0 Å². The highest BCUT2D eigenvalue weighted by Crippen LogP contribution is 2.21. The molecule has 3 heteroatoms. The van der Waals surface area contributed by atoms with Gasteiger partial charge in [0.1, 0.15) is 5.75 Å². The number of nitrogens with zero attached hydrogens (tertiary/aromatic N) is 1. The van der Waals surface area contributed by atoms with Gasteiger partial charge in [-0.3, -0.25) is 4.79 Å². The van der Waals surface area contributed by atoms with Crippen molar-refractivity contribution >= 4 is 5.91 Å². The van der Waals surface area contributed by atoms with Gasteiger partial charge >= 0.3 is 0 Å². The largest absolute Gasteiger partial charge is 0.497 e. The Bertz CT molecular complexity index is 439. The zero-order valence-corrected chi connectivity index (χ0v) is 14.6. The molecule has 3 nitrogen and oxygen atoms in total. The zero-order chi connectivity index (χ0) is 16.4. The fourth-order valence-corrected chi connectivity index (χ4v) is 2.87. The predicted octanol–water partition coefficient (Wildman–Crippen LogP) is 4.79. The molecular weight excluding hydrogens is 274 g/mol. The summed E-state index contributed by atoms with van der Waals surface area (Å²) < 4.78 is 5.30. The van der Waals surface area contributed by atoms with Crippen molar-refractivity contribution < 1.29 is 9.53 Å². The van der Waals surface area contributed by atoms with Gasteiger partial charge in [0.2, 0.25) is 5.91 Å². The summed E-state index contributed by atoms with van der Waals surface area (Å²) >= 11 is 0. The maximum Gasteiger partial charge on any atom is 0.223 e. The van der Waals surface area contributed by atoms with E-state index in [9.17, 15) is 4.79 Å². The van der Waals surface area contributed by atoms with Gasteiger partial charge in [-0.05, 0) is 37.0 Å². The average molecular weight is 305 g/mol. The van der Waals surface area contributed by atoms with Crippen molar-refractivity contribution in [1.82, 2.24) is 4.90 Å². The summed E-state index contributed by atoms with van der Waals surface area (Å²) in [6, 6.07) is 8.38. The van der Waals surface area contributed by atoms with Crippen LogP contribution in [0.4, 0.5) is 0 Å². The molecule has 0 saturated carbocycles. The highest BCUT2D eigenvalue weighted by atomic mass is 16.5. The third-order valence-electron chi connectivity index (χ3n) is 3.96. The molecule has 1 aromatic carbocycles. The standard InChI is InChI=1S/C19H31NO2/c1-5-9-17(10-6-2)20(19(21)11-7-3)15-16-12-8-13-18(14-16)22-4/h8,12-14,17H,5-7,9-11,15H2,1-4H3. The molecule has 0 aliphatic heterocycles. The van der Waals surface area contributed by atoms with E-state index in [1.165, 1.54) is 0 Å². The summed E-state index contributed by atoms with van der Waals surface area (Å²) in [5, 5.41) is 0. The highest BCUT2D eigenvalue weighted by molar-refractivity contribution is 5.76. The Morgan fingerprint density at radius 2 is 1.82 bits per heavy atom. The number of carbonyl (C=O) groups is 1. The van der Waals surface area contributed by atoms with Gasteiger partial charge in [-0.2, -0.15) is 0 Å². The molecule has 0 fully saturated rings. The van der Waals surface area contributed by atoms with Gasteiger partial charge in [-0.1, -0.05) is 45.7 Å². The van der Waals surface area contributed by atoms with Gasteiger partial charge in [0.15, 0.2) is 0 Å². The van der Waals surface area contributed by atoms with Crippen LogP contribution in [-0.4, -0.2) is 24.0 Å². The first-order valence-electron chi connectivity index (χ1n) is 8.58. The Labute approximate surface area is 135 Å². The molecule has 0 atom stereocenters. The smallest absolute Gasteiger partial charge is 0.223 e. The first-order valence-corrected chi connectivity index (χ1v) is 8.58. The second kappa shape index (κ2) is 10.3. The van der Waals surface area contributed by atoms with Crippen LogP contribution in [0.25, 0.3) is 0 Å². The van der Waals surface area contributed by atoms with E-state index in [1.807, 2.05) is 18.2 Å². The summed E-state index contributed by atoms with van der Waals surface area (Å²) in [5.74, 6) is 1.13. The van der Waals surface area contributed by atoms with Gasteiger partial charge in [0.25, 0.3) is 0 Å². The topological polar surface area (TPSA) is 29.5 Å². The summed E-state index contributed by atoms with van der Waals surface area (Å²) in [6.45, 7) is 7.13. The van der Waals surface area contributed by atoms with Crippen LogP contribution < -0.4 is 4.74 Å². The normalized spacial score (nSPS) is 10.8. The number of benzene rings is 1. The first kappa shape index (κ1) is 18.5.